The third-order valence-electron chi connectivity index (χ3n) is 7.08. The third kappa shape index (κ3) is 5.36. The van der Waals surface area contributed by atoms with Crippen molar-refractivity contribution in [2.75, 3.05) is 0 Å². The Balaban J connectivity index is 2.33. The second-order valence-electron chi connectivity index (χ2n) is 9.77. The van der Waals surface area contributed by atoms with Crippen LogP contribution < -0.4 is 0 Å². The highest BCUT2D eigenvalue weighted by Gasteiger charge is 2.61. The maximum atomic E-state index is 14.1. The average Bonchev–Trinajstić information content (AvgIpc) is 2.76. The molecule has 2 unspecified atom stereocenters. The molecule has 1 heterocycles. The maximum absolute atomic E-state index is 14.1. The van der Waals surface area contributed by atoms with Gasteiger partial charge in [-0.25, -0.2) is 0 Å². The van der Waals surface area contributed by atoms with Crippen LogP contribution in [-0.4, -0.2) is 44.8 Å². The number of hydrogen-bond acceptors (Lipinski definition) is 3. The molecule has 1 fully saturated rings. The van der Waals surface area contributed by atoms with Crippen LogP contribution in [0.4, 0.5) is 13.2 Å². The Morgan fingerprint density at radius 2 is 1.75 bits per heavy atom. The van der Waals surface area contributed by atoms with E-state index in [1.54, 1.807) is 48.5 Å². The van der Waals surface area contributed by atoms with E-state index in [4.69, 9.17) is 23.2 Å². The molecule has 1 saturated heterocycles. The second-order valence-corrected chi connectivity index (χ2v) is 10.6. The van der Waals surface area contributed by atoms with Gasteiger partial charge in [0.05, 0.1) is 23.9 Å². The first-order valence-corrected chi connectivity index (χ1v) is 12.2. The number of benzene rings is 2. The minimum atomic E-state index is -5.05. The van der Waals surface area contributed by atoms with Gasteiger partial charge in [0, 0.05) is 16.0 Å². The molecule has 2 aromatic carbocycles. The molecule has 0 aromatic heterocycles. The van der Waals surface area contributed by atoms with Gasteiger partial charge in [-0.05, 0) is 55.2 Å². The van der Waals surface area contributed by atoms with Crippen molar-refractivity contribution in [3.63, 3.8) is 0 Å². The molecular formula is C26H28Cl2F3NO4. The van der Waals surface area contributed by atoms with Crippen LogP contribution in [0.25, 0.3) is 0 Å². The number of carbonyl (C=O) groups is 2. The fourth-order valence-electron chi connectivity index (χ4n) is 5.28. The number of carbonyl (C=O) groups excluding carboxylic acids is 1. The molecule has 5 atom stereocenters. The number of amides is 1. The summed E-state index contributed by atoms with van der Waals surface area (Å²) < 4.78 is 42.3. The zero-order chi connectivity index (χ0) is 27.1. The van der Waals surface area contributed by atoms with Gasteiger partial charge in [0.2, 0.25) is 5.91 Å². The molecule has 0 aliphatic carbocycles. The molecule has 1 amide bonds. The van der Waals surface area contributed by atoms with Gasteiger partial charge in [0.25, 0.3) is 0 Å². The first-order valence-electron chi connectivity index (χ1n) is 11.5. The summed E-state index contributed by atoms with van der Waals surface area (Å²) in [5.74, 6) is -2.64. The highest BCUT2D eigenvalue weighted by atomic mass is 35.5. The standard InChI is InChI=1S/C26H28Cl2F3NO4/c1-4-20(25(3,36)26(29,30)31)32-22(15-8-10-17(27)11-9-15)19(16-6-5-7-18(28)12-16)13-24(2,23(32)35)14-21(33)34/h5-12,19-20,22,36H,4,13-14H2,1-3H3,(H,33,34)/t19-,20?,22-,24-,25?/m1/s1. The van der Waals surface area contributed by atoms with E-state index in [0.717, 1.165) is 4.90 Å². The van der Waals surface area contributed by atoms with Gasteiger partial charge in [-0.1, -0.05) is 61.3 Å². The van der Waals surface area contributed by atoms with Gasteiger partial charge < -0.3 is 15.1 Å². The molecule has 2 aromatic rings. The van der Waals surface area contributed by atoms with E-state index in [0.29, 0.717) is 28.1 Å². The zero-order valence-electron chi connectivity index (χ0n) is 20.0. The number of carboxylic acids is 1. The number of halogens is 5. The van der Waals surface area contributed by atoms with E-state index in [1.165, 1.54) is 13.8 Å². The Morgan fingerprint density at radius 1 is 1.14 bits per heavy atom. The largest absolute Gasteiger partial charge is 0.481 e. The van der Waals surface area contributed by atoms with E-state index in [1.807, 2.05) is 0 Å². The lowest BCUT2D eigenvalue weighted by Crippen LogP contribution is -2.65. The minimum Gasteiger partial charge on any atom is -0.481 e. The lowest BCUT2D eigenvalue weighted by Gasteiger charge is -2.54. The van der Waals surface area contributed by atoms with E-state index in [-0.39, 0.29) is 12.8 Å². The van der Waals surface area contributed by atoms with Gasteiger partial charge in [0.15, 0.2) is 5.60 Å². The van der Waals surface area contributed by atoms with E-state index >= 15 is 0 Å². The second kappa shape index (κ2) is 10.2. The highest BCUT2D eigenvalue weighted by Crippen LogP contribution is 2.54. The molecular weight excluding hydrogens is 518 g/mol. The van der Waals surface area contributed by atoms with Crippen molar-refractivity contribution in [3.8, 4) is 0 Å². The zero-order valence-corrected chi connectivity index (χ0v) is 21.5. The van der Waals surface area contributed by atoms with Crippen LogP contribution in [-0.2, 0) is 9.59 Å². The van der Waals surface area contributed by atoms with Gasteiger partial charge in [-0.2, -0.15) is 13.2 Å². The average molecular weight is 546 g/mol. The van der Waals surface area contributed by atoms with Crippen LogP contribution in [0.1, 0.15) is 63.1 Å². The number of piperidine rings is 1. The van der Waals surface area contributed by atoms with Crippen LogP contribution >= 0.6 is 23.2 Å². The van der Waals surface area contributed by atoms with Crippen molar-refractivity contribution in [1.29, 1.82) is 0 Å². The number of nitrogens with zero attached hydrogens (tertiary/aromatic N) is 1. The number of likely N-dealkylation sites (tertiary alicyclic amines) is 1. The van der Waals surface area contributed by atoms with Crippen molar-refractivity contribution in [1.82, 2.24) is 4.90 Å². The van der Waals surface area contributed by atoms with Crippen LogP contribution in [0.3, 0.4) is 0 Å². The summed E-state index contributed by atoms with van der Waals surface area (Å²) in [6.45, 7) is 3.54. The quantitative estimate of drug-likeness (QED) is 0.409. The summed E-state index contributed by atoms with van der Waals surface area (Å²) in [5, 5.41) is 21.2. The topological polar surface area (TPSA) is 77.8 Å². The lowest BCUT2D eigenvalue weighted by molar-refractivity contribution is -0.277. The first-order chi connectivity index (χ1) is 16.6. The maximum Gasteiger partial charge on any atom is 0.418 e. The molecule has 1 aliphatic heterocycles. The molecule has 0 radical (unpaired) electrons. The summed E-state index contributed by atoms with van der Waals surface area (Å²) in [4.78, 5) is 26.8. The number of carboxylic acid groups (broad SMARTS) is 1. The molecule has 0 saturated carbocycles. The third-order valence-corrected chi connectivity index (χ3v) is 7.56. The molecule has 0 bridgehead atoms. The summed E-state index contributed by atoms with van der Waals surface area (Å²) in [7, 11) is 0. The molecule has 196 valence electrons. The van der Waals surface area contributed by atoms with E-state index in [2.05, 4.69) is 0 Å². The molecule has 2 N–H and O–H groups in total. The first kappa shape index (κ1) is 28.3. The van der Waals surface area contributed by atoms with Crippen molar-refractivity contribution < 1.29 is 33.0 Å². The van der Waals surface area contributed by atoms with Crippen molar-refractivity contribution in [2.24, 2.45) is 5.41 Å². The molecule has 36 heavy (non-hydrogen) atoms. The normalized spacial score (nSPS) is 25.4. The summed E-state index contributed by atoms with van der Waals surface area (Å²) in [6.07, 6.45) is -5.82. The summed E-state index contributed by atoms with van der Waals surface area (Å²) in [5.41, 5.74) is -3.65. The van der Waals surface area contributed by atoms with Crippen molar-refractivity contribution >= 4 is 35.1 Å². The molecule has 5 nitrogen and oxygen atoms in total. The number of rotatable bonds is 7. The monoisotopic (exact) mass is 545 g/mol. The predicted molar refractivity (Wildman–Crippen MR) is 131 cm³/mol. The van der Waals surface area contributed by atoms with Crippen LogP contribution in [0, 0.1) is 5.41 Å². The van der Waals surface area contributed by atoms with Crippen LogP contribution in [0.5, 0.6) is 0 Å². The van der Waals surface area contributed by atoms with Gasteiger partial charge >= 0.3 is 12.1 Å². The summed E-state index contributed by atoms with van der Waals surface area (Å²) >= 11 is 12.3. The van der Waals surface area contributed by atoms with Crippen molar-refractivity contribution in [2.45, 2.75) is 69.8 Å². The van der Waals surface area contributed by atoms with Gasteiger partial charge in [-0.15, -0.1) is 0 Å². The van der Waals surface area contributed by atoms with Gasteiger partial charge in [0.1, 0.15) is 0 Å². The van der Waals surface area contributed by atoms with Crippen LogP contribution in [0.15, 0.2) is 48.5 Å². The number of aliphatic hydroxyl groups is 1. The Labute approximate surface area is 217 Å². The Bertz CT molecular complexity index is 1120. The van der Waals surface area contributed by atoms with E-state index in [9.17, 15) is 33.0 Å². The number of aliphatic carboxylic acids is 1. The van der Waals surface area contributed by atoms with Crippen molar-refractivity contribution in [3.05, 3.63) is 69.7 Å². The fraction of sp³-hybridized carbons (Fsp3) is 0.462. The number of hydrogen-bond donors (Lipinski definition) is 2. The van der Waals surface area contributed by atoms with Crippen LogP contribution in [0.2, 0.25) is 10.0 Å². The number of alkyl halides is 3. The minimum absolute atomic E-state index is 0.0485. The summed E-state index contributed by atoms with van der Waals surface area (Å²) in [6, 6.07) is 10.5. The van der Waals surface area contributed by atoms with E-state index < -0.39 is 53.5 Å². The smallest absolute Gasteiger partial charge is 0.418 e. The van der Waals surface area contributed by atoms with Gasteiger partial charge in [-0.3, -0.25) is 9.59 Å². The lowest BCUT2D eigenvalue weighted by atomic mass is 9.66. The molecule has 0 spiro atoms. The Kier molecular flexibility index (Phi) is 8.04. The molecule has 1 aliphatic rings. The fourth-order valence-corrected chi connectivity index (χ4v) is 5.60. The SMILES string of the molecule is CCC(N1C(=O)[C@@](C)(CC(=O)O)C[C@H](c2cccc(Cl)c2)[C@H]1c1ccc(Cl)cc1)C(C)(O)C(F)(F)F. The molecule has 10 heteroatoms. The Hall–Kier alpha value is -2.29. The highest BCUT2D eigenvalue weighted by molar-refractivity contribution is 6.30. The predicted octanol–water partition coefficient (Wildman–Crippen LogP) is 6.62. The Morgan fingerprint density at radius 3 is 2.25 bits per heavy atom. The molecule has 3 rings (SSSR count).